The van der Waals surface area contributed by atoms with Crippen LogP contribution < -0.4 is 0 Å². The summed E-state index contributed by atoms with van der Waals surface area (Å²) in [6.07, 6.45) is 0. The molecule has 0 aliphatic carbocycles. The van der Waals surface area contributed by atoms with Crippen LogP contribution in [0.15, 0.2) is 205 Å². The maximum Gasteiger partial charge on any atom is 0.238 e. The number of aromatic nitrogens is 5. The van der Waals surface area contributed by atoms with Gasteiger partial charge in [0, 0.05) is 60.1 Å². The van der Waals surface area contributed by atoms with E-state index in [0.717, 1.165) is 76.9 Å². The molecule has 6 heterocycles. The molecule has 6 nitrogen and oxygen atoms in total. The summed E-state index contributed by atoms with van der Waals surface area (Å²) >= 11 is 0. The van der Waals surface area contributed by atoms with Crippen LogP contribution in [0.3, 0.4) is 0 Å². The third-order valence-electron chi connectivity index (χ3n) is 13.6. The normalized spacial score (nSPS) is 12.4. The van der Waals surface area contributed by atoms with E-state index in [1.807, 2.05) is 12.1 Å². The summed E-state index contributed by atoms with van der Waals surface area (Å²) in [5, 5.41) is 8.84. The Balaban J connectivity index is 1.12. The van der Waals surface area contributed by atoms with Crippen molar-refractivity contribution in [3.05, 3.63) is 200 Å². The van der Waals surface area contributed by atoms with Crippen molar-refractivity contribution in [1.82, 2.24) is 23.7 Å². The number of fused-ring (bicyclic) bond motifs is 18. The van der Waals surface area contributed by atoms with E-state index in [2.05, 4.69) is 202 Å². The minimum absolute atomic E-state index is 0.549. The zero-order valence-electron chi connectivity index (χ0n) is 34.2. The Morgan fingerprint density at radius 1 is 0.359 bits per heavy atom. The fourth-order valence-electron chi connectivity index (χ4n) is 11.1. The highest BCUT2D eigenvalue weighted by molar-refractivity contribution is 6.29. The van der Waals surface area contributed by atoms with Gasteiger partial charge >= 0.3 is 0 Å². The number of benzene rings is 9. The maximum atomic E-state index is 6.76. The first-order valence-electron chi connectivity index (χ1n) is 21.8. The van der Waals surface area contributed by atoms with Crippen molar-refractivity contribution < 1.29 is 4.42 Å². The van der Waals surface area contributed by atoms with Gasteiger partial charge in [0.2, 0.25) is 11.7 Å². The fourth-order valence-corrected chi connectivity index (χ4v) is 11.1. The van der Waals surface area contributed by atoms with Gasteiger partial charge in [-0.15, -0.1) is 0 Å². The van der Waals surface area contributed by atoms with Gasteiger partial charge in [0.1, 0.15) is 5.58 Å². The summed E-state index contributed by atoms with van der Waals surface area (Å²) in [6, 6.07) is 71.7. The van der Waals surface area contributed by atoms with Gasteiger partial charge in [0.15, 0.2) is 0 Å². The van der Waals surface area contributed by atoms with Gasteiger partial charge < -0.3 is 13.6 Å². The van der Waals surface area contributed by atoms with E-state index < -0.39 is 0 Å². The SMILES string of the molecule is c1ccc(-n2c3ccccc3c3c(-c4nc(-n5c6ccccc6c6c7c8c(cc65)c5ccccc5n8-c5ccccc5-c5ccccc5-7)nc5oc6ccccc6c45)cccc32)cc1. The van der Waals surface area contributed by atoms with Gasteiger partial charge in [-0.3, -0.25) is 4.57 Å². The first kappa shape index (κ1) is 33.9. The molecule has 0 bridgehead atoms. The van der Waals surface area contributed by atoms with Crippen LogP contribution in [-0.4, -0.2) is 23.7 Å². The summed E-state index contributed by atoms with van der Waals surface area (Å²) in [5.74, 6) is 0.553. The lowest BCUT2D eigenvalue weighted by molar-refractivity contribution is 0.651. The minimum atomic E-state index is 0.549. The number of nitrogens with zero attached hydrogens (tertiary/aromatic N) is 5. The Bertz CT molecular complexity index is 4320. The van der Waals surface area contributed by atoms with Crippen molar-refractivity contribution in [2.75, 3.05) is 0 Å². The lowest BCUT2D eigenvalue weighted by Gasteiger charge is -2.13. The Hall–Kier alpha value is -8.74. The molecule has 0 spiro atoms. The van der Waals surface area contributed by atoms with Crippen LogP contribution in [-0.2, 0) is 0 Å². The zero-order valence-corrected chi connectivity index (χ0v) is 34.2. The van der Waals surface area contributed by atoms with Crippen molar-refractivity contribution in [3.8, 4) is 50.8 Å². The number of hydrogen-bond donors (Lipinski definition) is 0. The van der Waals surface area contributed by atoms with Crippen LogP contribution in [0.2, 0.25) is 0 Å². The van der Waals surface area contributed by atoms with E-state index in [1.54, 1.807) is 0 Å². The van der Waals surface area contributed by atoms with E-state index in [0.29, 0.717) is 11.7 Å². The van der Waals surface area contributed by atoms with E-state index in [9.17, 15) is 0 Å². The van der Waals surface area contributed by atoms with Crippen LogP contribution in [0.25, 0.3) is 138 Å². The predicted molar refractivity (Wildman–Crippen MR) is 262 cm³/mol. The van der Waals surface area contributed by atoms with E-state index in [1.165, 1.54) is 49.7 Å². The molecule has 0 radical (unpaired) electrons. The molecule has 5 aromatic heterocycles. The van der Waals surface area contributed by atoms with Crippen molar-refractivity contribution in [3.63, 3.8) is 0 Å². The molecular weight excluding hydrogens is 783 g/mol. The van der Waals surface area contributed by atoms with Gasteiger partial charge in [-0.2, -0.15) is 4.98 Å². The molecule has 0 saturated heterocycles. The first-order chi connectivity index (χ1) is 31.8. The van der Waals surface area contributed by atoms with Crippen molar-refractivity contribution >= 4 is 87.5 Å². The number of furan rings is 1. The molecule has 15 rings (SSSR count). The Morgan fingerprint density at radius 2 is 0.953 bits per heavy atom. The molecule has 64 heavy (non-hydrogen) atoms. The molecule has 296 valence electrons. The van der Waals surface area contributed by atoms with Crippen LogP contribution in [0.1, 0.15) is 0 Å². The zero-order chi connectivity index (χ0) is 41.6. The van der Waals surface area contributed by atoms with Crippen LogP contribution in [0.4, 0.5) is 0 Å². The molecule has 14 aromatic rings. The maximum absolute atomic E-state index is 6.76. The molecule has 6 heteroatoms. The molecule has 1 aliphatic heterocycles. The van der Waals surface area contributed by atoms with Crippen molar-refractivity contribution in [1.29, 1.82) is 0 Å². The summed E-state index contributed by atoms with van der Waals surface area (Å²) in [5.41, 5.74) is 17.0. The summed E-state index contributed by atoms with van der Waals surface area (Å²) in [6.45, 7) is 0. The van der Waals surface area contributed by atoms with Crippen LogP contribution in [0, 0.1) is 0 Å². The smallest absolute Gasteiger partial charge is 0.238 e. The highest BCUT2D eigenvalue weighted by Gasteiger charge is 2.30. The minimum Gasteiger partial charge on any atom is -0.437 e. The second-order valence-corrected chi connectivity index (χ2v) is 16.8. The van der Waals surface area contributed by atoms with Gasteiger partial charge in [0.25, 0.3) is 0 Å². The van der Waals surface area contributed by atoms with Gasteiger partial charge in [-0.1, -0.05) is 146 Å². The molecule has 9 aromatic carbocycles. The summed E-state index contributed by atoms with van der Waals surface area (Å²) in [4.78, 5) is 11.2. The van der Waals surface area contributed by atoms with Crippen molar-refractivity contribution in [2.24, 2.45) is 0 Å². The Labute approximate surface area is 365 Å². The second kappa shape index (κ2) is 12.4. The Morgan fingerprint density at radius 3 is 1.77 bits per heavy atom. The summed E-state index contributed by atoms with van der Waals surface area (Å²) < 4.78 is 13.9. The van der Waals surface area contributed by atoms with Crippen LogP contribution >= 0.6 is 0 Å². The van der Waals surface area contributed by atoms with Crippen molar-refractivity contribution in [2.45, 2.75) is 0 Å². The molecule has 0 amide bonds. The molecule has 1 aliphatic rings. The lowest BCUT2D eigenvalue weighted by atomic mass is 9.91. The topological polar surface area (TPSA) is 53.7 Å². The number of hydrogen-bond acceptors (Lipinski definition) is 3. The average Bonchev–Trinajstić information content (AvgIpc) is 4.08. The summed E-state index contributed by atoms with van der Waals surface area (Å²) in [7, 11) is 0. The molecule has 0 fully saturated rings. The fraction of sp³-hybridized carbons (Fsp3) is 0. The first-order valence-corrected chi connectivity index (χ1v) is 21.8. The lowest BCUT2D eigenvalue weighted by Crippen LogP contribution is -2.03. The average molecular weight is 816 g/mol. The molecule has 0 atom stereocenters. The van der Waals surface area contributed by atoms with E-state index >= 15 is 0 Å². The predicted octanol–water partition coefficient (Wildman–Crippen LogP) is 15.0. The van der Waals surface area contributed by atoms with Gasteiger partial charge in [-0.05, 0) is 65.7 Å². The van der Waals surface area contributed by atoms with Crippen LogP contribution in [0.5, 0.6) is 0 Å². The molecule has 0 saturated carbocycles. The number of para-hydroxylation sites is 6. The third-order valence-corrected chi connectivity index (χ3v) is 13.6. The quantitative estimate of drug-likeness (QED) is 0.178. The Kier molecular flexibility index (Phi) is 6.59. The second-order valence-electron chi connectivity index (χ2n) is 16.8. The largest absolute Gasteiger partial charge is 0.437 e. The van der Waals surface area contributed by atoms with Gasteiger partial charge in [0.05, 0.1) is 49.9 Å². The standard InChI is InChI=1S/C58H33N5O/c1-2-17-34(18-3-1)61-46-29-13-8-23-39(46)51-42(26-16-31-48(51)61)55-54-41-25-10-15-32-50(41)64-57(54)60-58(59-55)63-47-30-14-9-24-40(47)52-49(63)33-43-37-21-7-12-28-45(37)62-44-27-11-6-20-36(44)35-19-4-5-22-38(35)53(52)56(43)62/h1-33H. The molecule has 0 unspecified atom stereocenters. The third kappa shape index (κ3) is 4.33. The highest BCUT2D eigenvalue weighted by atomic mass is 16.3. The van der Waals surface area contributed by atoms with Gasteiger partial charge in [-0.25, -0.2) is 4.98 Å². The molecular formula is C58H33N5O. The number of rotatable bonds is 3. The molecule has 0 N–H and O–H groups in total. The van der Waals surface area contributed by atoms with E-state index in [4.69, 9.17) is 14.4 Å². The van der Waals surface area contributed by atoms with E-state index in [-0.39, 0.29) is 0 Å². The highest BCUT2D eigenvalue weighted by Crippen LogP contribution is 2.52. The monoisotopic (exact) mass is 815 g/mol.